The van der Waals surface area contributed by atoms with Crippen LogP contribution in [0.1, 0.15) is 19.3 Å². The Balaban J connectivity index is 2.19. The molecule has 1 N–H and O–H groups in total. The lowest BCUT2D eigenvalue weighted by atomic mass is 9.96. The molecule has 2 aliphatic heterocycles. The molecular weight excluding hydrogens is 140 g/mol. The minimum absolute atomic E-state index is 0.192. The highest BCUT2D eigenvalue weighted by atomic mass is 16.2. The largest absolute Gasteiger partial charge is 0.339 e. The van der Waals surface area contributed by atoms with Crippen LogP contribution >= 0.6 is 0 Å². The summed E-state index contributed by atoms with van der Waals surface area (Å²) < 4.78 is 0. The molecule has 2 saturated heterocycles. The van der Waals surface area contributed by atoms with Gasteiger partial charge in [0.25, 0.3) is 0 Å². The predicted octanol–water partition coefficient (Wildman–Crippen LogP) is -0.0293. The van der Waals surface area contributed by atoms with E-state index in [1.807, 2.05) is 11.9 Å². The molecule has 1 atom stereocenters. The minimum Gasteiger partial charge on any atom is -0.339 e. The Hall–Kier alpha value is -0.570. The smallest absolute Gasteiger partial charge is 0.222 e. The summed E-state index contributed by atoms with van der Waals surface area (Å²) in [5, 5.41) is 3.31. The Labute approximate surface area is 66.8 Å². The van der Waals surface area contributed by atoms with Crippen LogP contribution in [0.25, 0.3) is 0 Å². The average molecular weight is 154 g/mol. The van der Waals surface area contributed by atoms with Gasteiger partial charge in [0.2, 0.25) is 5.91 Å². The topological polar surface area (TPSA) is 32.3 Å². The van der Waals surface area contributed by atoms with Gasteiger partial charge in [-0.25, -0.2) is 0 Å². The Morgan fingerprint density at radius 2 is 2.36 bits per heavy atom. The molecule has 3 heteroatoms. The summed E-state index contributed by atoms with van der Waals surface area (Å²) in [5.74, 6) is 0.314. The van der Waals surface area contributed by atoms with Crippen LogP contribution < -0.4 is 5.32 Å². The van der Waals surface area contributed by atoms with Gasteiger partial charge in [0.05, 0.1) is 5.54 Å². The number of likely N-dealkylation sites (N-methyl/N-ethyl adjacent to an activating group) is 1. The normalized spacial score (nSPS) is 37.5. The van der Waals surface area contributed by atoms with Crippen molar-refractivity contribution in [2.75, 3.05) is 20.1 Å². The monoisotopic (exact) mass is 154 g/mol. The summed E-state index contributed by atoms with van der Waals surface area (Å²) in [6, 6.07) is 0. The van der Waals surface area contributed by atoms with Crippen molar-refractivity contribution in [2.24, 2.45) is 0 Å². The number of rotatable bonds is 0. The molecule has 0 radical (unpaired) electrons. The van der Waals surface area contributed by atoms with Gasteiger partial charge in [-0.3, -0.25) is 4.79 Å². The molecule has 0 saturated carbocycles. The standard InChI is InChI=1S/C8H14N2O/c1-10-7(11)2-3-8(10)4-5-9-6-8/h9H,2-6H2,1H3. The molecule has 1 amide bonds. The number of carbonyl (C=O) groups is 1. The van der Waals surface area contributed by atoms with Crippen LogP contribution in [-0.4, -0.2) is 36.5 Å². The highest BCUT2D eigenvalue weighted by molar-refractivity contribution is 5.79. The van der Waals surface area contributed by atoms with Crippen molar-refractivity contribution in [1.82, 2.24) is 10.2 Å². The maximum atomic E-state index is 11.2. The van der Waals surface area contributed by atoms with Crippen LogP contribution in [0.15, 0.2) is 0 Å². The molecule has 2 aliphatic rings. The Morgan fingerprint density at radius 1 is 1.55 bits per heavy atom. The Morgan fingerprint density at radius 3 is 2.82 bits per heavy atom. The number of hydrogen-bond donors (Lipinski definition) is 1. The lowest BCUT2D eigenvalue weighted by Crippen LogP contribution is -2.44. The second-order valence-corrected chi connectivity index (χ2v) is 3.60. The van der Waals surface area contributed by atoms with E-state index in [2.05, 4.69) is 5.32 Å². The van der Waals surface area contributed by atoms with Crippen LogP contribution in [0.3, 0.4) is 0 Å². The maximum absolute atomic E-state index is 11.2. The van der Waals surface area contributed by atoms with Crippen molar-refractivity contribution in [2.45, 2.75) is 24.8 Å². The molecule has 0 bridgehead atoms. The zero-order valence-electron chi connectivity index (χ0n) is 6.89. The van der Waals surface area contributed by atoms with Crippen molar-refractivity contribution in [3.05, 3.63) is 0 Å². The fourth-order valence-electron chi connectivity index (χ4n) is 2.17. The number of amides is 1. The zero-order chi connectivity index (χ0) is 7.90. The Bertz CT molecular complexity index is 185. The van der Waals surface area contributed by atoms with Gasteiger partial charge in [-0.15, -0.1) is 0 Å². The molecule has 3 nitrogen and oxygen atoms in total. The lowest BCUT2D eigenvalue weighted by molar-refractivity contribution is -0.129. The highest BCUT2D eigenvalue weighted by Crippen LogP contribution is 2.33. The van der Waals surface area contributed by atoms with Gasteiger partial charge in [0.1, 0.15) is 0 Å². The summed E-state index contributed by atoms with van der Waals surface area (Å²) in [5.41, 5.74) is 0.192. The number of hydrogen-bond acceptors (Lipinski definition) is 2. The van der Waals surface area contributed by atoms with Gasteiger partial charge in [-0.05, 0) is 19.4 Å². The van der Waals surface area contributed by atoms with Crippen molar-refractivity contribution in [3.8, 4) is 0 Å². The summed E-state index contributed by atoms with van der Waals surface area (Å²) in [6.45, 7) is 2.06. The zero-order valence-corrected chi connectivity index (χ0v) is 6.89. The second kappa shape index (κ2) is 2.21. The van der Waals surface area contributed by atoms with Crippen LogP contribution in [-0.2, 0) is 4.79 Å². The van der Waals surface area contributed by atoms with E-state index in [4.69, 9.17) is 0 Å². The first-order chi connectivity index (χ1) is 5.25. The number of nitrogens with one attached hydrogen (secondary N) is 1. The van der Waals surface area contributed by atoms with Gasteiger partial charge in [-0.2, -0.15) is 0 Å². The van der Waals surface area contributed by atoms with Crippen molar-refractivity contribution < 1.29 is 4.79 Å². The molecule has 0 aromatic rings. The number of carbonyl (C=O) groups excluding carboxylic acids is 1. The van der Waals surface area contributed by atoms with Gasteiger partial charge in [0, 0.05) is 20.0 Å². The molecule has 2 fully saturated rings. The maximum Gasteiger partial charge on any atom is 0.222 e. The molecule has 62 valence electrons. The highest BCUT2D eigenvalue weighted by Gasteiger charge is 2.44. The van der Waals surface area contributed by atoms with Crippen molar-refractivity contribution >= 4 is 5.91 Å². The van der Waals surface area contributed by atoms with E-state index in [1.165, 1.54) is 0 Å². The van der Waals surface area contributed by atoms with Crippen LogP contribution in [0.5, 0.6) is 0 Å². The summed E-state index contributed by atoms with van der Waals surface area (Å²) in [6.07, 6.45) is 2.93. The fraction of sp³-hybridized carbons (Fsp3) is 0.875. The third-order valence-corrected chi connectivity index (χ3v) is 3.11. The van der Waals surface area contributed by atoms with Crippen LogP contribution in [0.2, 0.25) is 0 Å². The second-order valence-electron chi connectivity index (χ2n) is 3.60. The quantitative estimate of drug-likeness (QED) is 0.531. The first-order valence-electron chi connectivity index (χ1n) is 4.22. The van der Waals surface area contributed by atoms with Crippen LogP contribution in [0.4, 0.5) is 0 Å². The van der Waals surface area contributed by atoms with Crippen molar-refractivity contribution in [1.29, 1.82) is 0 Å². The van der Waals surface area contributed by atoms with E-state index >= 15 is 0 Å². The third kappa shape index (κ3) is 0.872. The molecule has 2 heterocycles. The minimum atomic E-state index is 0.192. The number of likely N-dealkylation sites (tertiary alicyclic amines) is 1. The van der Waals surface area contributed by atoms with E-state index < -0.39 is 0 Å². The first-order valence-corrected chi connectivity index (χ1v) is 4.22. The van der Waals surface area contributed by atoms with Gasteiger partial charge in [-0.1, -0.05) is 0 Å². The average Bonchev–Trinajstić information content (AvgIpc) is 2.56. The van der Waals surface area contributed by atoms with Gasteiger partial charge >= 0.3 is 0 Å². The van der Waals surface area contributed by atoms with E-state index in [9.17, 15) is 4.79 Å². The van der Waals surface area contributed by atoms with E-state index in [0.717, 1.165) is 32.4 Å². The SMILES string of the molecule is CN1C(=O)CCC12CCNC2. The molecule has 0 aromatic heterocycles. The fourth-order valence-corrected chi connectivity index (χ4v) is 2.17. The first kappa shape index (κ1) is 7.10. The van der Waals surface area contributed by atoms with Gasteiger partial charge < -0.3 is 10.2 Å². The Kier molecular flexibility index (Phi) is 1.42. The van der Waals surface area contributed by atoms with Crippen molar-refractivity contribution in [3.63, 3.8) is 0 Å². The molecule has 1 unspecified atom stereocenters. The molecule has 1 spiro atoms. The summed E-state index contributed by atoms with van der Waals surface area (Å²) in [7, 11) is 1.93. The van der Waals surface area contributed by atoms with Gasteiger partial charge in [0.15, 0.2) is 0 Å². The third-order valence-electron chi connectivity index (χ3n) is 3.11. The molecule has 11 heavy (non-hydrogen) atoms. The molecular formula is C8H14N2O. The molecule has 2 rings (SSSR count). The summed E-state index contributed by atoms with van der Waals surface area (Å²) >= 11 is 0. The number of nitrogens with zero attached hydrogens (tertiary/aromatic N) is 1. The van der Waals surface area contributed by atoms with E-state index in [-0.39, 0.29) is 5.54 Å². The van der Waals surface area contributed by atoms with E-state index in [0.29, 0.717) is 5.91 Å². The van der Waals surface area contributed by atoms with Crippen LogP contribution in [0, 0.1) is 0 Å². The summed E-state index contributed by atoms with van der Waals surface area (Å²) in [4.78, 5) is 13.2. The predicted molar refractivity (Wildman–Crippen MR) is 42.2 cm³/mol. The lowest BCUT2D eigenvalue weighted by Gasteiger charge is -2.30. The molecule has 0 aliphatic carbocycles. The molecule has 0 aromatic carbocycles. The van der Waals surface area contributed by atoms with E-state index in [1.54, 1.807) is 0 Å².